The third kappa shape index (κ3) is 3.12. The van der Waals surface area contributed by atoms with E-state index in [0.717, 1.165) is 0 Å². The van der Waals surface area contributed by atoms with Gasteiger partial charge in [0.15, 0.2) is 11.6 Å². The Morgan fingerprint density at radius 1 is 1.26 bits per heavy atom. The number of hydrogen-bond donors (Lipinski definition) is 2. The minimum Gasteiger partial charge on any atom is -0.454 e. The van der Waals surface area contributed by atoms with Crippen LogP contribution in [0.3, 0.4) is 0 Å². The first-order chi connectivity index (χ1) is 9.15. The number of aliphatic hydroxyl groups excluding tert-OH is 1. The number of aliphatic hydroxyl groups is 1. The van der Waals surface area contributed by atoms with E-state index < -0.39 is 5.82 Å². The van der Waals surface area contributed by atoms with Gasteiger partial charge < -0.3 is 15.6 Å². The van der Waals surface area contributed by atoms with Gasteiger partial charge in [0.05, 0.1) is 11.1 Å². The van der Waals surface area contributed by atoms with Gasteiger partial charge in [0.2, 0.25) is 0 Å². The van der Waals surface area contributed by atoms with Crippen molar-refractivity contribution in [2.75, 3.05) is 0 Å². The van der Waals surface area contributed by atoms with Crippen molar-refractivity contribution >= 4 is 15.9 Å². The van der Waals surface area contributed by atoms with Gasteiger partial charge in [0.1, 0.15) is 5.75 Å². The Morgan fingerprint density at radius 2 is 2.05 bits per heavy atom. The highest BCUT2D eigenvalue weighted by molar-refractivity contribution is 9.10. The maximum atomic E-state index is 14.0. The topological polar surface area (TPSA) is 55.5 Å². The van der Waals surface area contributed by atoms with Gasteiger partial charge in [-0.1, -0.05) is 18.2 Å². The largest absolute Gasteiger partial charge is 0.454 e. The third-order valence-corrected chi connectivity index (χ3v) is 3.51. The summed E-state index contributed by atoms with van der Waals surface area (Å²) in [5.41, 5.74) is 6.87. The summed E-state index contributed by atoms with van der Waals surface area (Å²) < 4.78 is 19.8. The molecule has 0 fully saturated rings. The zero-order valence-electron chi connectivity index (χ0n) is 10.1. The molecule has 0 aliphatic rings. The average molecular weight is 326 g/mol. The lowest BCUT2D eigenvalue weighted by Crippen LogP contribution is -2.00. The molecule has 0 unspecified atom stereocenters. The molecule has 3 nitrogen and oxygen atoms in total. The van der Waals surface area contributed by atoms with E-state index in [9.17, 15) is 4.39 Å². The quantitative estimate of drug-likeness (QED) is 0.906. The normalized spacial score (nSPS) is 10.5. The van der Waals surface area contributed by atoms with Crippen LogP contribution in [0.4, 0.5) is 4.39 Å². The van der Waals surface area contributed by atoms with Crippen molar-refractivity contribution in [3.63, 3.8) is 0 Å². The van der Waals surface area contributed by atoms with Gasteiger partial charge in [-0.3, -0.25) is 0 Å². The monoisotopic (exact) mass is 325 g/mol. The van der Waals surface area contributed by atoms with Crippen LogP contribution in [0.1, 0.15) is 11.1 Å². The number of rotatable bonds is 4. The Morgan fingerprint density at radius 3 is 2.74 bits per heavy atom. The number of halogens is 2. The molecule has 0 radical (unpaired) electrons. The predicted octanol–water partition coefficient (Wildman–Crippen LogP) is 3.33. The van der Waals surface area contributed by atoms with Crippen LogP contribution in [-0.4, -0.2) is 5.11 Å². The van der Waals surface area contributed by atoms with Crippen LogP contribution in [0, 0.1) is 5.82 Å². The fraction of sp³-hybridized carbons (Fsp3) is 0.143. The Kier molecular flexibility index (Phi) is 4.52. The van der Waals surface area contributed by atoms with E-state index in [0.29, 0.717) is 21.3 Å². The first kappa shape index (κ1) is 14.0. The maximum Gasteiger partial charge on any atom is 0.180 e. The van der Waals surface area contributed by atoms with Gasteiger partial charge in [-0.15, -0.1) is 0 Å². The standard InChI is InChI=1S/C14H13BrFNO2/c15-13-10(7-17)4-5-12(14(13)16)19-11-3-1-2-9(6-11)8-18/h1-6,18H,7-8,17H2. The van der Waals surface area contributed by atoms with Gasteiger partial charge in [-0.2, -0.15) is 0 Å². The summed E-state index contributed by atoms with van der Waals surface area (Å²) in [4.78, 5) is 0. The summed E-state index contributed by atoms with van der Waals surface area (Å²) in [6.45, 7) is 0.160. The molecular formula is C14H13BrFNO2. The lowest BCUT2D eigenvalue weighted by Gasteiger charge is -2.10. The van der Waals surface area contributed by atoms with Crippen LogP contribution in [0.2, 0.25) is 0 Å². The van der Waals surface area contributed by atoms with Crippen molar-refractivity contribution in [3.05, 3.63) is 57.8 Å². The number of hydrogen-bond acceptors (Lipinski definition) is 3. The van der Waals surface area contributed by atoms with Crippen LogP contribution in [0.15, 0.2) is 40.9 Å². The van der Waals surface area contributed by atoms with Gasteiger partial charge in [0.25, 0.3) is 0 Å². The molecule has 0 spiro atoms. The van der Waals surface area contributed by atoms with Crippen LogP contribution in [-0.2, 0) is 13.2 Å². The lowest BCUT2D eigenvalue weighted by atomic mass is 10.2. The van der Waals surface area contributed by atoms with Crippen molar-refractivity contribution in [2.24, 2.45) is 5.73 Å². The van der Waals surface area contributed by atoms with Crippen molar-refractivity contribution in [1.82, 2.24) is 0 Å². The van der Waals surface area contributed by atoms with Gasteiger partial charge in [-0.25, -0.2) is 4.39 Å². The minimum absolute atomic E-state index is 0.0878. The van der Waals surface area contributed by atoms with E-state index in [1.807, 2.05) is 0 Å². The van der Waals surface area contributed by atoms with Crippen LogP contribution in [0.5, 0.6) is 11.5 Å². The molecular weight excluding hydrogens is 313 g/mol. The van der Waals surface area contributed by atoms with Gasteiger partial charge in [-0.05, 0) is 45.3 Å². The molecule has 0 heterocycles. The van der Waals surface area contributed by atoms with E-state index in [-0.39, 0.29) is 18.9 Å². The summed E-state index contributed by atoms with van der Waals surface area (Å²) in [7, 11) is 0. The van der Waals surface area contributed by atoms with E-state index in [4.69, 9.17) is 15.6 Å². The fourth-order valence-corrected chi connectivity index (χ4v) is 2.13. The van der Waals surface area contributed by atoms with Crippen molar-refractivity contribution in [1.29, 1.82) is 0 Å². The van der Waals surface area contributed by atoms with Crippen molar-refractivity contribution in [3.8, 4) is 11.5 Å². The van der Waals surface area contributed by atoms with E-state index in [2.05, 4.69) is 15.9 Å². The molecule has 0 bridgehead atoms. The molecule has 0 atom stereocenters. The lowest BCUT2D eigenvalue weighted by molar-refractivity contribution is 0.281. The first-order valence-electron chi connectivity index (χ1n) is 5.70. The number of ether oxygens (including phenoxy) is 1. The number of nitrogens with two attached hydrogens (primary N) is 1. The smallest absolute Gasteiger partial charge is 0.180 e. The van der Waals surface area contributed by atoms with E-state index in [1.165, 1.54) is 6.07 Å². The summed E-state index contributed by atoms with van der Waals surface area (Å²) >= 11 is 3.16. The average Bonchev–Trinajstić information content (AvgIpc) is 2.44. The number of benzene rings is 2. The van der Waals surface area contributed by atoms with Crippen LogP contribution >= 0.6 is 15.9 Å². The molecule has 100 valence electrons. The highest BCUT2D eigenvalue weighted by Crippen LogP contribution is 2.31. The molecule has 2 aromatic carbocycles. The van der Waals surface area contributed by atoms with Gasteiger partial charge >= 0.3 is 0 Å². The highest BCUT2D eigenvalue weighted by atomic mass is 79.9. The van der Waals surface area contributed by atoms with Crippen LogP contribution < -0.4 is 10.5 Å². The zero-order chi connectivity index (χ0) is 13.8. The third-order valence-electron chi connectivity index (χ3n) is 2.66. The Bertz CT molecular complexity index is 590. The molecule has 2 aromatic rings. The van der Waals surface area contributed by atoms with Gasteiger partial charge in [0, 0.05) is 6.54 Å². The molecule has 3 N–H and O–H groups in total. The second-order valence-corrected chi connectivity index (χ2v) is 4.76. The summed E-state index contributed by atoms with van der Waals surface area (Å²) in [6, 6.07) is 10.1. The minimum atomic E-state index is -0.489. The highest BCUT2D eigenvalue weighted by Gasteiger charge is 2.12. The van der Waals surface area contributed by atoms with E-state index >= 15 is 0 Å². The Labute approximate surface area is 118 Å². The Hall–Kier alpha value is -1.43. The first-order valence-corrected chi connectivity index (χ1v) is 6.49. The molecule has 19 heavy (non-hydrogen) atoms. The Balaban J connectivity index is 2.30. The fourth-order valence-electron chi connectivity index (χ4n) is 1.64. The second-order valence-electron chi connectivity index (χ2n) is 3.96. The molecule has 0 amide bonds. The summed E-state index contributed by atoms with van der Waals surface area (Å²) in [5, 5.41) is 9.04. The molecule has 2 rings (SSSR count). The van der Waals surface area contributed by atoms with Crippen molar-refractivity contribution in [2.45, 2.75) is 13.2 Å². The molecule has 0 aliphatic heterocycles. The molecule has 0 saturated heterocycles. The molecule has 0 aromatic heterocycles. The molecule has 5 heteroatoms. The molecule has 0 aliphatic carbocycles. The zero-order valence-corrected chi connectivity index (χ0v) is 11.7. The second kappa shape index (κ2) is 6.14. The maximum absolute atomic E-state index is 14.0. The van der Waals surface area contributed by atoms with Crippen LogP contribution in [0.25, 0.3) is 0 Å². The summed E-state index contributed by atoms with van der Waals surface area (Å²) in [6.07, 6.45) is 0. The summed E-state index contributed by atoms with van der Waals surface area (Å²) in [5.74, 6) is 0.0920. The SMILES string of the molecule is NCc1ccc(Oc2cccc(CO)c2)c(F)c1Br. The predicted molar refractivity (Wildman–Crippen MR) is 74.4 cm³/mol. The molecule has 0 saturated carbocycles. The van der Waals surface area contributed by atoms with Crippen molar-refractivity contribution < 1.29 is 14.2 Å². The van der Waals surface area contributed by atoms with E-state index in [1.54, 1.807) is 30.3 Å².